The van der Waals surface area contributed by atoms with Crippen LogP contribution in [0.4, 0.5) is 13.2 Å². The first-order chi connectivity index (χ1) is 10.6. The van der Waals surface area contributed by atoms with E-state index in [1.54, 1.807) is 26.0 Å². The fourth-order valence-electron chi connectivity index (χ4n) is 2.92. The molecule has 0 unspecified atom stereocenters. The van der Waals surface area contributed by atoms with Crippen LogP contribution >= 0.6 is 0 Å². The summed E-state index contributed by atoms with van der Waals surface area (Å²) in [4.78, 5) is 26.8. The molecule has 0 aromatic heterocycles. The van der Waals surface area contributed by atoms with Crippen molar-refractivity contribution in [3.05, 3.63) is 34.9 Å². The van der Waals surface area contributed by atoms with Crippen LogP contribution < -0.4 is 0 Å². The van der Waals surface area contributed by atoms with Gasteiger partial charge in [0.15, 0.2) is 0 Å². The van der Waals surface area contributed by atoms with Crippen molar-refractivity contribution in [2.75, 3.05) is 20.1 Å². The summed E-state index contributed by atoms with van der Waals surface area (Å²) >= 11 is 0. The number of benzene rings is 1. The summed E-state index contributed by atoms with van der Waals surface area (Å²) < 4.78 is 37.4. The van der Waals surface area contributed by atoms with Crippen LogP contribution in [0, 0.1) is 13.8 Å². The second-order valence-electron chi connectivity index (χ2n) is 5.86. The molecule has 0 spiro atoms. The third kappa shape index (κ3) is 3.65. The van der Waals surface area contributed by atoms with Crippen molar-refractivity contribution < 1.29 is 22.8 Å². The first kappa shape index (κ1) is 17.3. The average Bonchev–Trinajstić information content (AvgIpc) is 2.77. The Hall–Kier alpha value is -2.05. The van der Waals surface area contributed by atoms with Gasteiger partial charge in [0.05, 0.1) is 0 Å². The number of likely N-dealkylation sites (N-methyl/N-ethyl adjacent to an activating group) is 1. The number of aryl methyl sites for hydroxylation is 2. The fourth-order valence-corrected chi connectivity index (χ4v) is 2.92. The zero-order valence-corrected chi connectivity index (χ0v) is 13.3. The molecule has 0 aliphatic carbocycles. The Morgan fingerprint density at radius 1 is 1.30 bits per heavy atom. The lowest BCUT2D eigenvalue weighted by Gasteiger charge is -2.25. The van der Waals surface area contributed by atoms with Crippen molar-refractivity contribution in [3.63, 3.8) is 0 Å². The Kier molecular flexibility index (Phi) is 4.68. The highest BCUT2D eigenvalue weighted by molar-refractivity contribution is 6.00. The summed E-state index contributed by atoms with van der Waals surface area (Å²) in [7, 11) is 1.47. The molecule has 1 aromatic carbocycles. The Balaban J connectivity index is 2.17. The number of rotatable bonds is 3. The van der Waals surface area contributed by atoms with Gasteiger partial charge in [0.1, 0.15) is 12.6 Å². The fraction of sp³-hybridized carbons (Fsp3) is 0.500. The van der Waals surface area contributed by atoms with Gasteiger partial charge in [0, 0.05) is 19.2 Å². The topological polar surface area (TPSA) is 40.6 Å². The van der Waals surface area contributed by atoms with Gasteiger partial charge in [0.2, 0.25) is 5.91 Å². The molecular formula is C16H19F3N2O2. The minimum atomic E-state index is -4.43. The minimum absolute atomic E-state index is 0.00733. The van der Waals surface area contributed by atoms with Gasteiger partial charge in [-0.15, -0.1) is 0 Å². The van der Waals surface area contributed by atoms with Gasteiger partial charge in [-0.05, 0) is 31.4 Å². The van der Waals surface area contributed by atoms with Crippen LogP contribution in [0.1, 0.15) is 27.9 Å². The molecule has 1 heterocycles. The standard InChI is InChI=1S/C16H19F3N2O2/c1-10-5-4-6-11(2)13(10)15(23)20(3)12-7-8-21(14(12)22)9-16(17,18)19/h4-6,12H,7-9H2,1-3H3/t12-/m1/s1. The van der Waals surface area contributed by atoms with Gasteiger partial charge in [0.25, 0.3) is 5.91 Å². The number of alkyl halides is 3. The zero-order chi connectivity index (χ0) is 17.4. The van der Waals surface area contributed by atoms with Crippen molar-refractivity contribution in [1.82, 2.24) is 9.80 Å². The highest BCUT2D eigenvalue weighted by Crippen LogP contribution is 2.24. The van der Waals surface area contributed by atoms with E-state index in [9.17, 15) is 22.8 Å². The molecule has 126 valence electrons. The van der Waals surface area contributed by atoms with Gasteiger partial charge in [-0.3, -0.25) is 9.59 Å². The molecule has 1 fully saturated rings. The van der Waals surface area contributed by atoms with E-state index in [-0.39, 0.29) is 18.9 Å². The maximum Gasteiger partial charge on any atom is 0.406 e. The Bertz CT molecular complexity index is 608. The van der Waals surface area contributed by atoms with Crippen molar-refractivity contribution in [3.8, 4) is 0 Å². The van der Waals surface area contributed by atoms with Crippen molar-refractivity contribution in [1.29, 1.82) is 0 Å². The number of hydrogen-bond acceptors (Lipinski definition) is 2. The predicted molar refractivity (Wildman–Crippen MR) is 79.0 cm³/mol. The Morgan fingerprint density at radius 3 is 2.39 bits per heavy atom. The van der Waals surface area contributed by atoms with E-state index in [2.05, 4.69) is 0 Å². The van der Waals surface area contributed by atoms with Crippen LogP contribution in [-0.2, 0) is 4.79 Å². The monoisotopic (exact) mass is 328 g/mol. The summed E-state index contributed by atoms with van der Waals surface area (Å²) in [5.41, 5.74) is 2.05. The number of halogens is 3. The molecule has 2 rings (SSSR count). The van der Waals surface area contributed by atoms with Gasteiger partial charge in [-0.1, -0.05) is 18.2 Å². The molecule has 0 bridgehead atoms. The largest absolute Gasteiger partial charge is 0.406 e. The molecule has 23 heavy (non-hydrogen) atoms. The summed E-state index contributed by atoms with van der Waals surface area (Å²) in [5, 5.41) is 0. The van der Waals surface area contributed by atoms with Crippen LogP contribution in [0.3, 0.4) is 0 Å². The normalized spacial score (nSPS) is 18.4. The van der Waals surface area contributed by atoms with Crippen LogP contribution in [0.15, 0.2) is 18.2 Å². The van der Waals surface area contributed by atoms with Crippen LogP contribution in [0.5, 0.6) is 0 Å². The Morgan fingerprint density at radius 2 is 1.87 bits per heavy atom. The molecule has 1 aromatic rings. The molecular weight excluding hydrogens is 309 g/mol. The quantitative estimate of drug-likeness (QED) is 0.855. The molecule has 2 amide bonds. The summed E-state index contributed by atoms with van der Waals surface area (Å²) in [6, 6.07) is 4.57. The second-order valence-corrected chi connectivity index (χ2v) is 5.86. The molecule has 0 radical (unpaired) electrons. The van der Waals surface area contributed by atoms with Crippen molar-refractivity contribution >= 4 is 11.8 Å². The van der Waals surface area contributed by atoms with Crippen LogP contribution in [0.2, 0.25) is 0 Å². The lowest BCUT2D eigenvalue weighted by atomic mass is 10.0. The van der Waals surface area contributed by atoms with E-state index in [0.717, 1.165) is 16.0 Å². The molecule has 1 aliphatic rings. The second kappa shape index (κ2) is 6.22. The van der Waals surface area contributed by atoms with Crippen LogP contribution in [-0.4, -0.2) is 54.0 Å². The SMILES string of the molecule is Cc1cccc(C)c1C(=O)N(C)[C@@H]1CCN(CC(F)(F)F)C1=O. The minimum Gasteiger partial charge on any atom is -0.332 e. The first-order valence-electron chi connectivity index (χ1n) is 7.30. The molecule has 1 aliphatic heterocycles. The zero-order valence-electron chi connectivity index (χ0n) is 13.3. The molecule has 0 saturated carbocycles. The van der Waals surface area contributed by atoms with Crippen molar-refractivity contribution in [2.45, 2.75) is 32.5 Å². The van der Waals surface area contributed by atoms with E-state index < -0.39 is 24.7 Å². The van der Waals surface area contributed by atoms with Crippen molar-refractivity contribution in [2.24, 2.45) is 0 Å². The molecule has 7 heteroatoms. The molecule has 1 atom stereocenters. The number of amides is 2. The Labute approximate surface area is 132 Å². The molecule has 1 saturated heterocycles. The number of carbonyl (C=O) groups excluding carboxylic acids is 2. The number of carbonyl (C=O) groups is 2. The van der Waals surface area contributed by atoms with Crippen LogP contribution in [0.25, 0.3) is 0 Å². The number of hydrogen-bond donors (Lipinski definition) is 0. The molecule has 0 N–H and O–H groups in total. The number of nitrogens with zero attached hydrogens (tertiary/aromatic N) is 2. The van der Waals surface area contributed by atoms with E-state index in [4.69, 9.17) is 0 Å². The van der Waals surface area contributed by atoms with Gasteiger partial charge in [-0.25, -0.2) is 0 Å². The van der Waals surface area contributed by atoms with Gasteiger partial charge in [-0.2, -0.15) is 13.2 Å². The predicted octanol–water partition coefficient (Wildman–Crippen LogP) is 2.54. The summed E-state index contributed by atoms with van der Waals surface area (Å²) in [5.74, 6) is -0.989. The summed E-state index contributed by atoms with van der Waals surface area (Å²) in [6.45, 7) is 2.32. The third-order valence-electron chi connectivity index (χ3n) is 4.12. The average molecular weight is 328 g/mol. The smallest absolute Gasteiger partial charge is 0.332 e. The van der Waals surface area contributed by atoms with E-state index >= 15 is 0 Å². The maximum atomic E-state index is 12.6. The van der Waals surface area contributed by atoms with Gasteiger partial charge >= 0.3 is 6.18 Å². The molecule has 4 nitrogen and oxygen atoms in total. The van der Waals surface area contributed by atoms with E-state index in [1.807, 2.05) is 6.07 Å². The first-order valence-corrected chi connectivity index (χ1v) is 7.30. The van der Waals surface area contributed by atoms with Gasteiger partial charge < -0.3 is 9.80 Å². The third-order valence-corrected chi connectivity index (χ3v) is 4.12. The lowest BCUT2D eigenvalue weighted by Crippen LogP contribution is -2.45. The van der Waals surface area contributed by atoms with E-state index in [0.29, 0.717) is 5.56 Å². The maximum absolute atomic E-state index is 12.6. The highest BCUT2D eigenvalue weighted by atomic mass is 19.4. The number of likely N-dealkylation sites (tertiary alicyclic amines) is 1. The van der Waals surface area contributed by atoms with E-state index in [1.165, 1.54) is 11.9 Å². The lowest BCUT2D eigenvalue weighted by molar-refractivity contribution is -0.158. The highest BCUT2D eigenvalue weighted by Gasteiger charge is 2.42. The summed E-state index contributed by atoms with van der Waals surface area (Å²) in [6.07, 6.45) is -4.22.